The van der Waals surface area contributed by atoms with Gasteiger partial charge in [0.2, 0.25) is 0 Å². The summed E-state index contributed by atoms with van der Waals surface area (Å²) in [4.78, 5) is 13.0. The number of carboxylic acids is 1. The smallest absolute Gasteiger partial charge is 0.307 e. The van der Waals surface area contributed by atoms with Crippen LogP contribution < -0.4 is 0 Å². The van der Waals surface area contributed by atoms with E-state index in [1.807, 2.05) is 19.9 Å². The van der Waals surface area contributed by atoms with Gasteiger partial charge < -0.3 is 5.11 Å². The molecule has 19 heavy (non-hydrogen) atoms. The Labute approximate surface area is 124 Å². The van der Waals surface area contributed by atoms with Gasteiger partial charge in [-0.05, 0) is 31.2 Å². The molecule has 1 aromatic rings. The van der Waals surface area contributed by atoms with E-state index in [-0.39, 0.29) is 6.04 Å². The molecule has 3 nitrogen and oxygen atoms in total. The van der Waals surface area contributed by atoms with Crippen LogP contribution in [0.25, 0.3) is 0 Å². The zero-order valence-corrected chi connectivity index (χ0v) is 12.9. The lowest BCUT2D eigenvalue weighted by molar-refractivity contribution is -0.141. The zero-order valence-electron chi connectivity index (χ0n) is 11.4. The Kier molecular flexibility index (Phi) is 6.11. The van der Waals surface area contributed by atoms with E-state index in [1.165, 1.54) is 0 Å². The van der Waals surface area contributed by atoms with Crippen LogP contribution >= 0.6 is 23.2 Å². The second-order valence-electron chi connectivity index (χ2n) is 4.67. The van der Waals surface area contributed by atoms with Crippen molar-refractivity contribution >= 4 is 29.2 Å². The molecule has 0 bridgehead atoms. The summed E-state index contributed by atoms with van der Waals surface area (Å²) in [7, 11) is 0. The van der Waals surface area contributed by atoms with Crippen molar-refractivity contribution in [1.82, 2.24) is 4.90 Å². The molecule has 0 aliphatic carbocycles. The van der Waals surface area contributed by atoms with Gasteiger partial charge in [0.25, 0.3) is 0 Å². The maximum absolute atomic E-state index is 11.0. The highest BCUT2D eigenvalue weighted by Gasteiger charge is 2.21. The third-order valence-corrected chi connectivity index (χ3v) is 3.86. The van der Waals surface area contributed by atoms with E-state index in [2.05, 4.69) is 4.90 Å². The van der Waals surface area contributed by atoms with Gasteiger partial charge in [0.15, 0.2) is 0 Å². The Morgan fingerprint density at radius 3 is 2.47 bits per heavy atom. The summed E-state index contributed by atoms with van der Waals surface area (Å²) >= 11 is 12.1. The number of hydrogen-bond acceptors (Lipinski definition) is 2. The predicted octanol–water partition coefficient (Wildman–Crippen LogP) is 4.10. The molecule has 0 heterocycles. The average Bonchev–Trinajstić information content (AvgIpc) is 2.34. The van der Waals surface area contributed by atoms with Crippen molar-refractivity contribution in [3.8, 4) is 0 Å². The van der Waals surface area contributed by atoms with E-state index in [0.29, 0.717) is 16.6 Å². The van der Waals surface area contributed by atoms with Crippen LogP contribution in [0.15, 0.2) is 18.2 Å². The Hall–Kier alpha value is -0.770. The highest BCUT2D eigenvalue weighted by Crippen LogP contribution is 2.30. The number of halogens is 2. The van der Waals surface area contributed by atoms with Crippen LogP contribution in [0, 0.1) is 5.92 Å². The zero-order chi connectivity index (χ0) is 14.6. The molecule has 1 aromatic carbocycles. The first kappa shape index (κ1) is 16.3. The molecule has 2 atom stereocenters. The van der Waals surface area contributed by atoms with Crippen LogP contribution in [0.5, 0.6) is 0 Å². The lowest BCUT2D eigenvalue weighted by atomic mass is 10.0. The van der Waals surface area contributed by atoms with E-state index in [4.69, 9.17) is 28.3 Å². The van der Waals surface area contributed by atoms with Crippen molar-refractivity contribution in [2.45, 2.75) is 26.8 Å². The maximum atomic E-state index is 11.0. The molecule has 0 fully saturated rings. The second kappa shape index (κ2) is 7.13. The van der Waals surface area contributed by atoms with Gasteiger partial charge >= 0.3 is 5.97 Å². The summed E-state index contributed by atoms with van der Waals surface area (Å²) < 4.78 is 0. The molecule has 0 radical (unpaired) electrons. The minimum Gasteiger partial charge on any atom is -0.481 e. The van der Waals surface area contributed by atoms with Gasteiger partial charge in [-0.1, -0.05) is 43.1 Å². The van der Waals surface area contributed by atoms with Gasteiger partial charge in [-0.25, -0.2) is 0 Å². The largest absolute Gasteiger partial charge is 0.481 e. The topological polar surface area (TPSA) is 40.5 Å². The van der Waals surface area contributed by atoms with Crippen LogP contribution in [-0.2, 0) is 4.79 Å². The Morgan fingerprint density at radius 1 is 1.37 bits per heavy atom. The molecule has 0 aliphatic rings. The quantitative estimate of drug-likeness (QED) is 0.860. The second-order valence-corrected chi connectivity index (χ2v) is 5.51. The molecule has 0 spiro atoms. The summed E-state index contributed by atoms with van der Waals surface area (Å²) in [6.45, 7) is 6.99. The third kappa shape index (κ3) is 4.37. The molecule has 5 heteroatoms. The van der Waals surface area contributed by atoms with Crippen molar-refractivity contribution in [3.63, 3.8) is 0 Å². The Balaban J connectivity index is 2.88. The molecular formula is C14H19Cl2NO2. The number of carboxylic acid groups (broad SMARTS) is 1. The molecule has 1 rings (SSSR count). The lowest BCUT2D eigenvalue weighted by Crippen LogP contribution is -2.34. The van der Waals surface area contributed by atoms with Gasteiger partial charge in [-0.15, -0.1) is 0 Å². The predicted molar refractivity (Wildman–Crippen MR) is 78.9 cm³/mol. The first-order chi connectivity index (χ1) is 8.86. The number of carbonyl (C=O) groups is 1. The van der Waals surface area contributed by atoms with E-state index in [1.54, 1.807) is 19.1 Å². The molecule has 2 unspecified atom stereocenters. The van der Waals surface area contributed by atoms with Crippen LogP contribution in [0.3, 0.4) is 0 Å². The minimum absolute atomic E-state index is 0.0524. The molecule has 1 N–H and O–H groups in total. The number of nitrogens with zero attached hydrogens (tertiary/aromatic N) is 1. The van der Waals surface area contributed by atoms with Gasteiger partial charge in [0, 0.05) is 22.6 Å². The van der Waals surface area contributed by atoms with Crippen molar-refractivity contribution < 1.29 is 9.90 Å². The molecule has 0 aromatic heterocycles. The number of aliphatic carboxylic acids is 1. The molecule has 106 valence electrons. The summed E-state index contributed by atoms with van der Waals surface area (Å²) in [5, 5.41) is 10.2. The van der Waals surface area contributed by atoms with Crippen molar-refractivity contribution in [1.29, 1.82) is 0 Å². The van der Waals surface area contributed by atoms with Crippen molar-refractivity contribution in [2.24, 2.45) is 5.92 Å². The molecule has 0 saturated heterocycles. The average molecular weight is 304 g/mol. The number of benzene rings is 1. The van der Waals surface area contributed by atoms with E-state index in [9.17, 15) is 4.79 Å². The number of hydrogen-bond donors (Lipinski definition) is 1. The van der Waals surface area contributed by atoms with Crippen LogP contribution in [0.1, 0.15) is 32.4 Å². The van der Waals surface area contributed by atoms with Crippen molar-refractivity contribution in [3.05, 3.63) is 33.8 Å². The number of rotatable bonds is 6. The summed E-state index contributed by atoms with van der Waals surface area (Å²) in [5.74, 6) is -1.19. The summed E-state index contributed by atoms with van der Waals surface area (Å²) in [5.41, 5.74) is 0.963. The fourth-order valence-electron chi connectivity index (χ4n) is 2.03. The van der Waals surface area contributed by atoms with E-state index < -0.39 is 11.9 Å². The first-order valence-corrected chi connectivity index (χ1v) is 7.04. The van der Waals surface area contributed by atoms with Gasteiger partial charge in [-0.2, -0.15) is 0 Å². The lowest BCUT2D eigenvalue weighted by Gasteiger charge is -2.30. The van der Waals surface area contributed by atoms with E-state index in [0.717, 1.165) is 12.1 Å². The highest BCUT2D eigenvalue weighted by molar-refractivity contribution is 6.35. The SMILES string of the molecule is CCN(CC(C)C(=O)O)C(C)c1ccc(Cl)cc1Cl. The van der Waals surface area contributed by atoms with Crippen LogP contribution in [0.2, 0.25) is 10.0 Å². The molecular weight excluding hydrogens is 285 g/mol. The summed E-state index contributed by atoms with van der Waals surface area (Å²) in [6, 6.07) is 5.46. The van der Waals surface area contributed by atoms with E-state index >= 15 is 0 Å². The highest BCUT2D eigenvalue weighted by atomic mass is 35.5. The van der Waals surface area contributed by atoms with Crippen LogP contribution in [0.4, 0.5) is 0 Å². The first-order valence-electron chi connectivity index (χ1n) is 6.28. The summed E-state index contributed by atoms with van der Waals surface area (Å²) in [6.07, 6.45) is 0. The fraction of sp³-hybridized carbons (Fsp3) is 0.500. The van der Waals surface area contributed by atoms with Gasteiger partial charge in [0.05, 0.1) is 5.92 Å². The monoisotopic (exact) mass is 303 g/mol. The fourth-order valence-corrected chi connectivity index (χ4v) is 2.59. The molecule has 0 saturated carbocycles. The Bertz CT molecular complexity index is 451. The van der Waals surface area contributed by atoms with Gasteiger partial charge in [-0.3, -0.25) is 9.69 Å². The van der Waals surface area contributed by atoms with Gasteiger partial charge in [0.1, 0.15) is 0 Å². The van der Waals surface area contributed by atoms with Crippen LogP contribution in [-0.4, -0.2) is 29.1 Å². The maximum Gasteiger partial charge on any atom is 0.307 e. The molecule has 0 aliphatic heterocycles. The normalized spacial score (nSPS) is 14.4. The standard InChI is InChI=1S/C14H19Cl2NO2/c1-4-17(8-9(2)14(18)19)10(3)12-6-5-11(15)7-13(12)16/h5-7,9-10H,4,8H2,1-3H3,(H,18,19). The minimum atomic E-state index is -0.784. The Morgan fingerprint density at radius 2 is 2.00 bits per heavy atom. The molecule has 0 amide bonds. The third-order valence-electron chi connectivity index (χ3n) is 3.30. The van der Waals surface area contributed by atoms with Crippen molar-refractivity contribution in [2.75, 3.05) is 13.1 Å².